The van der Waals surface area contributed by atoms with E-state index >= 15 is 0 Å². The summed E-state index contributed by atoms with van der Waals surface area (Å²) in [5.74, 6) is 0.735. The van der Waals surface area contributed by atoms with E-state index in [1.807, 2.05) is 29.8 Å². The van der Waals surface area contributed by atoms with Gasteiger partial charge in [-0.05, 0) is 51.3 Å². The number of amides is 1. The molecule has 0 radical (unpaired) electrons. The van der Waals surface area contributed by atoms with Crippen LogP contribution in [0.4, 0.5) is 17.2 Å². The monoisotopic (exact) mass is 474 g/mol. The van der Waals surface area contributed by atoms with Crippen molar-refractivity contribution in [1.29, 1.82) is 0 Å². The number of nitrogens with zero attached hydrogens (tertiary/aromatic N) is 5. The van der Waals surface area contributed by atoms with Crippen LogP contribution in [0.15, 0.2) is 29.5 Å². The van der Waals surface area contributed by atoms with Gasteiger partial charge in [0.2, 0.25) is 0 Å². The molecule has 0 bridgehead atoms. The molecule has 1 aromatic carbocycles. The maximum absolute atomic E-state index is 13.2. The molecule has 1 aliphatic carbocycles. The van der Waals surface area contributed by atoms with Gasteiger partial charge in [-0.25, -0.2) is 4.98 Å². The predicted molar refractivity (Wildman–Crippen MR) is 141 cm³/mol. The zero-order valence-corrected chi connectivity index (χ0v) is 20.7. The van der Waals surface area contributed by atoms with Gasteiger partial charge in [-0.15, -0.1) is 0 Å². The second-order valence-corrected chi connectivity index (χ2v) is 9.50. The van der Waals surface area contributed by atoms with Crippen molar-refractivity contribution in [1.82, 2.24) is 19.7 Å². The molecule has 1 amide bonds. The molecule has 2 aliphatic rings. The second-order valence-electron chi connectivity index (χ2n) is 9.50. The highest BCUT2D eigenvalue weighted by atomic mass is 16.1. The number of hydrogen-bond acceptors (Lipinski definition) is 7. The molecule has 9 nitrogen and oxygen atoms in total. The Morgan fingerprint density at radius 1 is 1.20 bits per heavy atom. The van der Waals surface area contributed by atoms with E-state index in [-0.39, 0.29) is 5.91 Å². The number of carbonyl (C=O) groups is 1. The summed E-state index contributed by atoms with van der Waals surface area (Å²) in [7, 11) is 1.72. The molecule has 184 valence electrons. The van der Waals surface area contributed by atoms with Gasteiger partial charge in [-0.1, -0.05) is 6.92 Å². The average molecular weight is 475 g/mol. The van der Waals surface area contributed by atoms with Crippen LogP contribution in [0.25, 0.3) is 5.65 Å². The topological polar surface area (TPSA) is 113 Å². The number of hydrogen-bond donors (Lipinski definition) is 3. The van der Waals surface area contributed by atoms with Crippen LogP contribution in [0.5, 0.6) is 0 Å². The Morgan fingerprint density at radius 3 is 2.66 bits per heavy atom. The highest BCUT2D eigenvalue weighted by Crippen LogP contribution is 2.39. The molecular weight excluding hydrogens is 440 g/mol. The van der Waals surface area contributed by atoms with Crippen molar-refractivity contribution in [2.24, 2.45) is 4.99 Å². The van der Waals surface area contributed by atoms with Crippen LogP contribution < -0.4 is 21.3 Å². The average Bonchev–Trinajstić information content (AvgIpc) is 3.61. The van der Waals surface area contributed by atoms with Gasteiger partial charge in [0.1, 0.15) is 0 Å². The molecule has 4 N–H and O–H groups in total. The normalized spacial score (nSPS) is 16.9. The van der Waals surface area contributed by atoms with Gasteiger partial charge in [0, 0.05) is 55.8 Å². The van der Waals surface area contributed by atoms with E-state index in [2.05, 4.69) is 37.4 Å². The Labute approximate surface area is 205 Å². The van der Waals surface area contributed by atoms with Crippen LogP contribution in [-0.4, -0.2) is 59.2 Å². The Kier molecular flexibility index (Phi) is 6.42. The molecule has 0 spiro atoms. The molecule has 5 rings (SSSR count). The summed E-state index contributed by atoms with van der Waals surface area (Å²) >= 11 is 0. The van der Waals surface area contributed by atoms with Gasteiger partial charge in [0.15, 0.2) is 11.5 Å². The second kappa shape index (κ2) is 9.65. The fourth-order valence-corrected chi connectivity index (χ4v) is 4.97. The summed E-state index contributed by atoms with van der Waals surface area (Å²) in [5, 5.41) is 6.46. The zero-order valence-electron chi connectivity index (χ0n) is 20.7. The number of aryl methyl sites for hydroxylation is 1. The number of nitrogens with one attached hydrogen (secondary N) is 2. The number of carbonyl (C=O) groups excluding carboxylic acids is 1. The molecule has 0 atom stereocenters. The summed E-state index contributed by atoms with van der Waals surface area (Å²) in [4.78, 5) is 29.0. The molecule has 0 unspecified atom stereocenters. The van der Waals surface area contributed by atoms with Crippen molar-refractivity contribution in [3.63, 3.8) is 0 Å². The lowest BCUT2D eigenvalue weighted by atomic mass is 10.00. The minimum absolute atomic E-state index is 0.290. The third kappa shape index (κ3) is 4.73. The first-order valence-corrected chi connectivity index (χ1v) is 12.5. The largest absolute Gasteiger partial charge is 0.397 e. The molecule has 35 heavy (non-hydrogen) atoms. The molecule has 1 aliphatic heterocycles. The Hall–Kier alpha value is -3.46. The summed E-state index contributed by atoms with van der Waals surface area (Å²) in [6.45, 7) is 6.95. The summed E-state index contributed by atoms with van der Waals surface area (Å²) < 4.78 is 1.95. The van der Waals surface area contributed by atoms with Gasteiger partial charge in [0.25, 0.3) is 5.91 Å². The summed E-state index contributed by atoms with van der Waals surface area (Å²) in [6, 6.07) is 4.33. The number of nitrogens with two attached hydrogens (primary N) is 1. The molecule has 3 heterocycles. The molecule has 2 fully saturated rings. The number of aromatic nitrogens is 3. The smallest absolute Gasteiger partial charge is 0.258 e. The number of imidazole rings is 1. The summed E-state index contributed by atoms with van der Waals surface area (Å²) in [6.07, 6.45) is 10.1. The van der Waals surface area contributed by atoms with E-state index in [9.17, 15) is 4.79 Å². The first-order valence-electron chi connectivity index (χ1n) is 12.5. The Bertz CT molecular complexity index is 1270. The van der Waals surface area contributed by atoms with Crippen LogP contribution in [0, 0.1) is 6.92 Å². The number of rotatable bonds is 7. The number of fused-ring (bicyclic) bond motifs is 1. The van der Waals surface area contributed by atoms with Gasteiger partial charge < -0.3 is 25.7 Å². The highest BCUT2D eigenvalue weighted by Gasteiger charge is 2.27. The number of piperidine rings is 1. The zero-order chi connectivity index (χ0) is 24.5. The molecule has 2 aromatic heterocycles. The van der Waals surface area contributed by atoms with Crippen LogP contribution in [0.3, 0.4) is 0 Å². The van der Waals surface area contributed by atoms with Crippen LogP contribution >= 0.6 is 0 Å². The lowest BCUT2D eigenvalue weighted by Crippen LogP contribution is -2.42. The number of nitrogen functional groups attached to an aromatic ring is 1. The van der Waals surface area contributed by atoms with Crippen LogP contribution in [0.1, 0.15) is 65.8 Å². The van der Waals surface area contributed by atoms with Crippen molar-refractivity contribution in [3.8, 4) is 0 Å². The fraction of sp³-hybridized carbons (Fsp3) is 0.462. The van der Waals surface area contributed by atoms with Gasteiger partial charge >= 0.3 is 0 Å². The highest BCUT2D eigenvalue weighted by molar-refractivity contribution is 6.11. The van der Waals surface area contributed by atoms with Crippen LogP contribution in [0.2, 0.25) is 0 Å². The maximum Gasteiger partial charge on any atom is 0.258 e. The molecule has 3 aromatic rings. The Morgan fingerprint density at radius 2 is 1.97 bits per heavy atom. The van der Waals surface area contributed by atoms with E-state index in [4.69, 9.17) is 5.73 Å². The van der Waals surface area contributed by atoms with Crippen molar-refractivity contribution in [2.45, 2.75) is 51.5 Å². The lowest BCUT2D eigenvalue weighted by molar-refractivity contribution is 0.102. The SMILES string of the molecule is CCNC1CCN(c2ccc(C(=O)Nc3cn4cc(C5CC5)nc(C)c4n3)c(N)c2C=NC)CC1. The van der Waals surface area contributed by atoms with Gasteiger partial charge in [-0.3, -0.25) is 14.8 Å². The third-order valence-electron chi connectivity index (χ3n) is 6.96. The van der Waals surface area contributed by atoms with Crippen molar-refractivity contribution < 1.29 is 4.79 Å². The fourth-order valence-electron chi connectivity index (χ4n) is 4.97. The van der Waals surface area contributed by atoms with E-state index in [1.165, 1.54) is 12.8 Å². The first-order chi connectivity index (χ1) is 17.0. The third-order valence-corrected chi connectivity index (χ3v) is 6.96. The molecule has 1 saturated heterocycles. The summed E-state index contributed by atoms with van der Waals surface area (Å²) in [5.41, 5.74) is 11.9. The van der Waals surface area contributed by atoms with Gasteiger partial charge in [-0.2, -0.15) is 0 Å². The predicted octanol–water partition coefficient (Wildman–Crippen LogP) is 3.38. The van der Waals surface area contributed by atoms with E-state index in [0.29, 0.717) is 29.0 Å². The van der Waals surface area contributed by atoms with E-state index in [1.54, 1.807) is 19.3 Å². The van der Waals surface area contributed by atoms with Crippen molar-refractivity contribution in [3.05, 3.63) is 47.0 Å². The number of benzene rings is 1. The van der Waals surface area contributed by atoms with Crippen LogP contribution in [-0.2, 0) is 0 Å². The first kappa shape index (κ1) is 23.3. The van der Waals surface area contributed by atoms with E-state index in [0.717, 1.165) is 60.8 Å². The quantitative estimate of drug-likeness (QED) is 0.357. The molecular formula is C26H34N8O. The lowest BCUT2D eigenvalue weighted by Gasteiger charge is -2.35. The minimum Gasteiger partial charge on any atom is -0.397 e. The minimum atomic E-state index is -0.290. The Balaban J connectivity index is 1.38. The maximum atomic E-state index is 13.2. The van der Waals surface area contributed by atoms with E-state index < -0.39 is 0 Å². The molecule has 9 heteroatoms. The number of aliphatic imine (C=N–C) groups is 1. The van der Waals surface area contributed by atoms with Crippen molar-refractivity contribution >= 4 is 35.0 Å². The number of anilines is 3. The molecule has 1 saturated carbocycles. The van der Waals surface area contributed by atoms with Gasteiger partial charge in [0.05, 0.1) is 28.8 Å². The van der Waals surface area contributed by atoms with Crippen molar-refractivity contribution in [2.75, 3.05) is 42.6 Å². The standard InChI is InChI=1S/C26H34N8O/c1-4-29-18-9-11-33(12-10-18)22-8-7-19(24(27)20(22)13-28-3)26(35)32-23-15-34-14-21(17-5-6-17)30-16(2)25(34)31-23/h7-8,13-15,17-18,29H,4-6,9-12,27H2,1-3H3,(H,32,35).